The summed E-state index contributed by atoms with van der Waals surface area (Å²) in [5, 5.41) is 2.37. The molecule has 0 radical (unpaired) electrons. The van der Waals surface area contributed by atoms with Gasteiger partial charge >= 0.3 is 0 Å². The maximum Gasteiger partial charge on any atom is 0.262 e. The average molecular weight is 725 g/mol. The van der Waals surface area contributed by atoms with Crippen LogP contribution >= 0.6 is 0 Å². The van der Waals surface area contributed by atoms with Gasteiger partial charge in [0.1, 0.15) is 19.5 Å². The number of hydrogen-bond donors (Lipinski definition) is 0. The molecule has 0 N–H and O–H groups in total. The van der Waals surface area contributed by atoms with Crippen LogP contribution in [0.5, 0.6) is 0 Å². The minimum atomic E-state index is -2.77. The lowest BCUT2D eigenvalue weighted by Crippen LogP contribution is -2.67. The third-order valence-corrected chi connectivity index (χ3v) is 14.3. The summed E-state index contributed by atoms with van der Waals surface area (Å²) in [5.41, 5.74) is 2.56. The predicted molar refractivity (Wildman–Crippen MR) is 219 cm³/mol. The molecule has 3 aromatic rings. The van der Waals surface area contributed by atoms with E-state index in [9.17, 15) is 0 Å². The Morgan fingerprint density at radius 3 is 2.06 bits per heavy atom. The van der Waals surface area contributed by atoms with Crippen LogP contribution in [-0.2, 0) is 30.0 Å². The molecule has 0 aliphatic rings. The Balaban J connectivity index is 1.58. The number of allylic oxidation sites excluding steroid dienone is 4. The molecule has 3 rings (SSSR count). The number of benzene rings is 3. The van der Waals surface area contributed by atoms with Gasteiger partial charge in [-0.2, -0.15) is 0 Å². The van der Waals surface area contributed by atoms with Crippen molar-refractivity contribution >= 4 is 18.7 Å². The zero-order valence-corrected chi connectivity index (χ0v) is 33.8. The standard InChI is InChI=1S/C46H64O5Si/c1-40(24-19-20-34-48-38-42-25-13-8-14-26-42)22-11-7-12-23-41(2)32-33-43(27-21-35-49-39-50-37-36-47-6)51-52(46(3,4)5,44-28-15-9-16-29-44)45-30-17-10-18-31-45/h7-10,12-18,23,25-26,28-31,40,43H,11,19-20,22,24,32-39H2,1-6H3/b12-7+,41-23+/t40-,43-/m1/s1. The number of ether oxygens (including phenoxy) is 4. The second kappa shape index (κ2) is 24.9. The van der Waals surface area contributed by atoms with Gasteiger partial charge in [0.25, 0.3) is 8.32 Å². The van der Waals surface area contributed by atoms with E-state index in [4.69, 9.17) is 23.4 Å². The molecular weight excluding hydrogens is 661 g/mol. The van der Waals surface area contributed by atoms with Gasteiger partial charge in [-0.3, -0.25) is 0 Å². The van der Waals surface area contributed by atoms with Crippen molar-refractivity contribution in [2.75, 3.05) is 40.3 Å². The largest absolute Gasteiger partial charge is 0.394 e. The first-order chi connectivity index (χ1) is 25.3. The minimum absolute atomic E-state index is 0.137. The highest BCUT2D eigenvalue weighted by atomic mass is 28.4. The maximum atomic E-state index is 7.44. The Bertz CT molecular complexity index is 1430. The van der Waals surface area contributed by atoms with Gasteiger partial charge in [0, 0.05) is 13.7 Å². The summed E-state index contributed by atoms with van der Waals surface area (Å²) < 4.78 is 29.4. The SMILES string of the molecule is COCCOCOCC#C[C@H](CC/C(C)=C/C=C/CC[C@@H](C)CCCCOCc1ccccc1)O[Si](c1ccccc1)(c1ccccc1)C(C)(C)C. The van der Waals surface area contributed by atoms with E-state index >= 15 is 0 Å². The van der Waals surface area contributed by atoms with Gasteiger partial charge in [0.2, 0.25) is 0 Å². The summed E-state index contributed by atoms with van der Waals surface area (Å²) in [5.74, 6) is 7.44. The quantitative estimate of drug-likeness (QED) is 0.0303. The van der Waals surface area contributed by atoms with Gasteiger partial charge in [-0.05, 0) is 65.9 Å². The molecule has 0 saturated carbocycles. The molecule has 0 heterocycles. The van der Waals surface area contributed by atoms with E-state index < -0.39 is 8.32 Å². The van der Waals surface area contributed by atoms with Crippen molar-refractivity contribution < 1.29 is 23.4 Å². The van der Waals surface area contributed by atoms with Gasteiger partial charge in [0.05, 0.1) is 19.8 Å². The van der Waals surface area contributed by atoms with Crippen molar-refractivity contribution in [3.05, 3.63) is 120 Å². The van der Waals surface area contributed by atoms with Gasteiger partial charge < -0.3 is 23.4 Å². The van der Waals surface area contributed by atoms with Gasteiger partial charge in [-0.15, -0.1) is 0 Å². The van der Waals surface area contributed by atoms with E-state index in [1.54, 1.807) is 7.11 Å². The van der Waals surface area contributed by atoms with Crippen LogP contribution in [0.3, 0.4) is 0 Å². The van der Waals surface area contributed by atoms with Crippen LogP contribution < -0.4 is 10.4 Å². The summed E-state index contributed by atoms with van der Waals surface area (Å²) in [6.07, 6.45) is 14.1. The smallest absolute Gasteiger partial charge is 0.262 e. The van der Waals surface area contributed by atoms with Crippen LogP contribution in [0.2, 0.25) is 5.04 Å². The van der Waals surface area contributed by atoms with Gasteiger partial charge in [-0.25, -0.2) is 0 Å². The molecule has 6 heteroatoms. The third-order valence-electron chi connectivity index (χ3n) is 9.26. The molecule has 0 aromatic heterocycles. The summed E-state index contributed by atoms with van der Waals surface area (Å²) >= 11 is 0. The topological polar surface area (TPSA) is 46.2 Å². The highest BCUT2D eigenvalue weighted by Gasteiger charge is 2.51. The van der Waals surface area contributed by atoms with Crippen molar-refractivity contribution in [1.29, 1.82) is 0 Å². The van der Waals surface area contributed by atoms with Crippen molar-refractivity contribution in [2.45, 2.75) is 97.3 Å². The highest BCUT2D eigenvalue weighted by molar-refractivity contribution is 6.99. The Hall–Kier alpha value is -3.28. The first-order valence-electron chi connectivity index (χ1n) is 19.1. The lowest BCUT2D eigenvalue weighted by Gasteiger charge is -2.44. The first kappa shape index (κ1) is 43.1. The first-order valence-corrected chi connectivity index (χ1v) is 21.0. The molecule has 0 aliphatic carbocycles. The Morgan fingerprint density at radius 2 is 1.42 bits per heavy atom. The molecule has 0 unspecified atom stereocenters. The van der Waals surface area contributed by atoms with Crippen molar-refractivity contribution in [1.82, 2.24) is 0 Å². The molecule has 52 heavy (non-hydrogen) atoms. The number of rotatable bonds is 24. The second-order valence-electron chi connectivity index (χ2n) is 14.7. The third kappa shape index (κ3) is 15.8. The van der Waals surface area contributed by atoms with Crippen molar-refractivity contribution in [3.63, 3.8) is 0 Å². The van der Waals surface area contributed by atoms with Crippen molar-refractivity contribution in [2.24, 2.45) is 5.92 Å². The number of hydrogen-bond acceptors (Lipinski definition) is 5. The number of methoxy groups -OCH3 is 1. The van der Waals surface area contributed by atoms with Crippen LogP contribution in [0.25, 0.3) is 0 Å². The fourth-order valence-electron chi connectivity index (χ4n) is 6.33. The lowest BCUT2D eigenvalue weighted by atomic mass is 9.98. The van der Waals surface area contributed by atoms with E-state index in [0.29, 0.717) is 25.7 Å². The molecule has 0 amide bonds. The molecule has 0 fully saturated rings. The fraction of sp³-hybridized carbons (Fsp3) is 0.478. The molecule has 5 nitrogen and oxygen atoms in total. The zero-order chi connectivity index (χ0) is 37.3. The minimum Gasteiger partial charge on any atom is -0.394 e. The number of unbranched alkanes of at least 4 members (excludes halogenated alkanes) is 1. The van der Waals surface area contributed by atoms with Gasteiger partial charge in [-0.1, -0.05) is 167 Å². The second-order valence-corrected chi connectivity index (χ2v) is 18.9. The zero-order valence-electron chi connectivity index (χ0n) is 32.8. The monoisotopic (exact) mass is 724 g/mol. The predicted octanol–water partition coefficient (Wildman–Crippen LogP) is 9.66. The van der Waals surface area contributed by atoms with Gasteiger partial charge in [0.15, 0.2) is 0 Å². The Labute approximate surface area is 316 Å². The summed E-state index contributed by atoms with van der Waals surface area (Å²) in [6.45, 7) is 14.5. The molecule has 0 spiro atoms. The fourth-order valence-corrected chi connectivity index (χ4v) is 10.9. The lowest BCUT2D eigenvalue weighted by molar-refractivity contribution is -0.0557. The molecule has 0 saturated heterocycles. The van der Waals surface area contributed by atoms with Crippen LogP contribution in [-0.4, -0.2) is 54.8 Å². The molecule has 3 aromatic carbocycles. The molecule has 282 valence electrons. The van der Waals surface area contributed by atoms with Crippen molar-refractivity contribution in [3.8, 4) is 11.8 Å². The maximum absolute atomic E-state index is 7.44. The summed E-state index contributed by atoms with van der Waals surface area (Å²) in [7, 11) is -1.12. The van der Waals surface area contributed by atoms with E-state index in [2.05, 4.69) is 150 Å². The molecule has 2 atom stereocenters. The summed E-state index contributed by atoms with van der Waals surface area (Å²) in [6, 6.07) is 32.0. The molecule has 0 bridgehead atoms. The van der Waals surface area contributed by atoms with Crippen LogP contribution in [0.1, 0.15) is 85.1 Å². The van der Waals surface area contributed by atoms with E-state index in [0.717, 1.165) is 32.3 Å². The van der Waals surface area contributed by atoms with Crippen LogP contribution in [0, 0.1) is 17.8 Å². The average Bonchev–Trinajstić information content (AvgIpc) is 3.15. The molecular formula is C46H64O5Si. The molecule has 0 aliphatic heterocycles. The highest BCUT2D eigenvalue weighted by Crippen LogP contribution is 2.38. The Kier molecular flexibility index (Phi) is 20.6. The Morgan fingerprint density at radius 1 is 0.769 bits per heavy atom. The van der Waals surface area contributed by atoms with E-state index in [1.807, 2.05) is 6.07 Å². The van der Waals surface area contributed by atoms with E-state index in [1.165, 1.54) is 40.8 Å². The van der Waals surface area contributed by atoms with Crippen LogP contribution in [0.4, 0.5) is 0 Å². The normalized spacial score (nSPS) is 13.5. The van der Waals surface area contributed by atoms with Crippen LogP contribution in [0.15, 0.2) is 115 Å². The summed E-state index contributed by atoms with van der Waals surface area (Å²) in [4.78, 5) is 0. The van der Waals surface area contributed by atoms with E-state index in [-0.39, 0.29) is 24.5 Å².